The first-order chi connectivity index (χ1) is 15.6. The summed E-state index contributed by atoms with van der Waals surface area (Å²) in [7, 11) is 0. The molecule has 32 heavy (non-hydrogen) atoms. The van der Waals surface area contributed by atoms with Crippen molar-refractivity contribution in [2.24, 2.45) is 0 Å². The highest BCUT2D eigenvalue weighted by molar-refractivity contribution is 6.06. The monoisotopic (exact) mass is 426 g/mol. The van der Waals surface area contributed by atoms with Gasteiger partial charge in [0.2, 0.25) is 11.6 Å². The number of carbonyl (C=O) groups is 2. The number of pyridine rings is 1. The van der Waals surface area contributed by atoms with Gasteiger partial charge in [0, 0.05) is 30.9 Å². The summed E-state index contributed by atoms with van der Waals surface area (Å²) in [5.41, 5.74) is 3.12. The van der Waals surface area contributed by atoms with Crippen LogP contribution in [-0.2, 0) is 13.0 Å². The van der Waals surface area contributed by atoms with Gasteiger partial charge in [-0.2, -0.15) is 0 Å². The number of aromatic nitrogens is 4. The second-order valence-corrected chi connectivity index (χ2v) is 7.37. The molecule has 0 aliphatic rings. The average molecular weight is 426 g/mol. The van der Waals surface area contributed by atoms with Crippen LogP contribution in [0.25, 0.3) is 11.1 Å². The molecule has 160 valence electrons. The number of carboxylic acids is 1. The van der Waals surface area contributed by atoms with E-state index in [4.69, 9.17) is 0 Å². The third kappa shape index (κ3) is 4.46. The van der Waals surface area contributed by atoms with Gasteiger partial charge in [-0.15, -0.1) is 5.10 Å². The minimum absolute atomic E-state index is 0.159. The highest BCUT2D eigenvalue weighted by Crippen LogP contribution is 2.24. The van der Waals surface area contributed by atoms with Crippen molar-refractivity contribution in [1.82, 2.24) is 19.7 Å². The number of hydrogen-bond acceptors (Lipinski definition) is 5. The summed E-state index contributed by atoms with van der Waals surface area (Å²) < 4.78 is 1.79. The molecule has 0 atom stereocenters. The van der Waals surface area contributed by atoms with E-state index in [1.165, 1.54) is 6.20 Å². The summed E-state index contributed by atoms with van der Waals surface area (Å²) in [4.78, 5) is 32.7. The Kier molecular flexibility index (Phi) is 6.17. The Morgan fingerprint density at radius 1 is 1.00 bits per heavy atom. The molecule has 0 spiro atoms. The number of nitrogens with zero attached hydrogens (tertiary/aromatic N) is 4. The number of aryl methyl sites for hydroxylation is 1. The molecule has 4 rings (SSSR count). The van der Waals surface area contributed by atoms with Gasteiger partial charge < -0.3 is 5.11 Å². The van der Waals surface area contributed by atoms with E-state index in [1.807, 2.05) is 49.4 Å². The first-order valence-electron chi connectivity index (χ1n) is 10.4. The van der Waals surface area contributed by atoms with Gasteiger partial charge in [0.15, 0.2) is 0 Å². The second kappa shape index (κ2) is 9.34. The van der Waals surface area contributed by atoms with Crippen LogP contribution in [0.5, 0.6) is 0 Å². The number of aromatic carboxylic acids is 1. The first kappa shape index (κ1) is 21.1. The van der Waals surface area contributed by atoms with Gasteiger partial charge in [0.1, 0.15) is 5.82 Å². The lowest BCUT2D eigenvalue weighted by Crippen LogP contribution is -2.07. The molecule has 0 radical (unpaired) electrons. The molecule has 0 aliphatic heterocycles. The minimum atomic E-state index is -1.01. The molecule has 2 heterocycles. The SMILES string of the molecule is CCCn1nc(C(=O)c2ccccc2)nc1Cc1ccc(-c2ccncc2C(=O)O)cc1. The molecule has 0 fully saturated rings. The molecule has 0 saturated heterocycles. The van der Waals surface area contributed by atoms with E-state index in [9.17, 15) is 14.7 Å². The second-order valence-electron chi connectivity index (χ2n) is 7.37. The molecule has 2 aromatic heterocycles. The Balaban J connectivity index is 1.60. The molecule has 0 unspecified atom stereocenters. The van der Waals surface area contributed by atoms with Gasteiger partial charge in [0.05, 0.1) is 5.56 Å². The molecule has 7 heteroatoms. The van der Waals surface area contributed by atoms with Gasteiger partial charge in [-0.25, -0.2) is 14.5 Å². The molecular weight excluding hydrogens is 404 g/mol. The topological polar surface area (TPSA) is 98.0 Å². The van der Waals surface area contributed by atoms with Crippen LogP contribution in [0.15, 0.2) is 73.1 Å². The largest absolute Gasteiger partial charge is 0.478 e. The number of benzene rings is 2. The van der Waals surface area contributed by atoms with E-state index in [-0.39, 0.29) is 17.2 Å². The van der Waals surface area contributed by atoms with E-state index in [0.717, 1.165) is 17.5 Å². The molecule has 4 aromatic rings. The standard InChI is InChI=1S/C25H22N4O3/c1-2-14-29-22(27-24(28-29)23(30)19-6-4-3-5-7-19)15-17-8-10-18(11-9-17)20-12-13-26-16-21(20)25(31)32/h3-13,16H,2,14-15H2,1H3,(H,31,32). The number of ketones is 1. The molecule has 0 saturated carbocycles. The van der Waals surface area contributed by atoms with E-state index in [1.54, 1.807) is 29.1 Å². The van der Waals surface area contributed by atoms with Crippen molar-refractivity contribution >= 4 is 11.8 Å². The lowest BCUT2D eigenvalue weighted by atomic mass is 10.00. The molecule has 1 N–H and O–H groups in total. The molecule has 0 aliphatic carbocycles. The lowest BCUT2D eigenvalue weighted by molar-refractivity contribution is 0.0697. The summed E-state index contributed by atoms with van der Waals surface area (Å²) >= 11 is 0. The van der Waals surface area contributed by atoms with Crippen LogP contribution in [0.1, 0.15) is 51.3 Å². The zero-order chi connectivity index (χ0) is 22.5. The maximum atomic E-state index is 12.8. The van der Waals surface area contributed by atoms with E-state index >= 15 is 0 Å². The van der Waals surface area contributed by atoms with Crippen molar-refractivity contribution < 1.29 is 14.7 Å². The van der Waals surface area contributed by atoms with Crippen LogP contribution >= 0.6 is 0 Å². The van der Waals surface area contributed by atoms with Crippen LogP contribution in [0.4, 0.5) is 0 Å². The fourth-order valence-electron chi connectivity index (χ4n) is 3.51. The van der Waals surface area contributed by atoms with Crippen LogP contribution in [0, 0.1) is 0 Å². The van der Waals surface area contributed by atoms with E-state index in [0.29, 0.717) is 29.9 Å². The van der Waals surface area contributed by atoms with Gasteiger partial charge in [-0.05, 0) is 29.2 Å². The number of carboxylic acid groups (broad SMARTS) is 1. The summed E-state index contributed by atoms with van der Waals surface area (Å²) in [6.07, 6.45) is 4.31. The van der Waals surface area contributed by atoms with Crippen molar-refractivity contribution in [3.8, 4) is 11.1 Å². The summed E-state index contributed by atoms with van der Waals surface area (Å²) in [5, 5.41) is 13.9. The summed E-state index contributed by atoms with van der Waals surface area (Å²) in [6, 6.07) is 18.3. The zero-order valence-corrected chi connectivity index (χ0v) is 17.6. The Hall–Kier alpha value is -4.13. The fourth-order valence-corrected chi connectivity index (χ4v) is 3.51. The number of rotatable bonds is 8. The molecule has 7 nitrogen and oxygen atoms in total. The van der Waals surface area contributed by atoms with Crippen molar-refractivity contribution in [3.63, 3.8) is 0 Å². The predicted molar refractivity (Wildman–Crippen MR) is 120 cm³/mol. The van der Waals surface area contributed by atoms with E-state index < -0.39 is 5.97 Å². The Labute approximate surface area is 185 Å². The highest BCUT2D eigenvalue weighted by Gasteiger charge is 2.18. The quantitative estimate of drug-likeness (QED) is 0.423. The van der Waals surface area contributed by atoms with E-state index in [2.05, 4.69) is 15.1 Å². The van der Waals surface area contributed by atoms with Crippen molar-refractivity contribution in [2.75, 3.05) is 0 Å². The maximum Gasteiger partial charge on any atom is 0.337 e. The smallest absolute Gasteiger partial charge is 0.337 e. The van der Waals surface area contributed by atoms with Gasteiger partial charge in [-0.3, -0.25) is 9.78 Å². The average Bonchev–Trinajstić information content (AvgIpc) is 3.22. The first-order valence-corrected chi connectivity index (χ1v) is 10.4. The normalized spacial score (nSPS) is 10.8. The molecular formula is C25H22N4O3. The lowest BCUT2D eigenvalue weighted by Gasteiger charge is -2.08. The van der Waals surface area contributed by atoms with Gasteiger partial charge in [0.25, 0.3) is 0 Å². The van der Waals surface area contributed by atoms with Crippen LogP contribution in [0.3, 0.4) is 0 Å². The highest BCUT2D eigenvalue weighted by atomic mass is 16.4. The molecule has 0 amide bonds. The van der Waals surface area contributed by atoms with Crippen LogP contribution in [0.2, 0.25) is 0 Å². The minimum Gasteiger partial charge on any atom is -0.478 e. The van der Waals surface area contributed by atoms with Gasteiger partial charge in [-0.1, -0.05) is 61.5 Å². The Bertz CT molecular complexity index is 1250. The number of carbonyl (C=O) groups excluding carboxylic acids is 1. The van der Waals surface area contributed by atoms with Crippen molar-refractivity contribution in [1.29, 1.82) is 0 Å². The zero-order valence-electron chi connectivity index (χ0n) is 17.6. The third-order valence-corrected chi connectivity index (χ3v) is 5.10. The van der Waals surface area contributed by atoms with Gasteiger partial charge >= 0.3 is 5.97 Å². The summed E-state index contributed by atoms with van der Waals surface area (Å²) in [6.45, 7) is 2.72. The maximum absolute atomic E-state index is 12.8. The number of hydrogen-bond donors (Lipinski definition) is 1. The van der Waals surface area contributed by atoms with Crippen LogP contribution < -0.4 is 0 Å². The molecule has 2 aromatic carbocycles. The third-order valence-electron chi connectivity index (χ3n) is 5.10. The Morgan fingerprint density at radius 3 is 2.44 bits per heavy atom. The van der Waals surface area contributed by atoms with Crippen molar-refractivity contribution in [2.45, 2.75) is 26.3 Å². The van der Waals surface area contributed by atoms with Crippen LogP contribution in [-0.4, -0.2) is 36.6 Å². The summed E-state index contributed by atoms with van der Waals surface area (Å²) in [5.74, 6) is -0.301. The fraction of sp³-hybridized carbons (Fsp3) is 0.160. The molecule has 0 bridgehead atoms. The Morgan fingerprint density at radius 2 is 1.75 bits per heavy atom. The van der Waals surface area contributed by atoms with Crippen molar-refractivity contribution in [3.05, 3.63) is 101 Å². The predicted octanol–water partition coefficient (Wildman–Crippen LogP) is 4.27.